The Hall–Kier alpha value is -0.710. The maximum atomic E-state index is 10.7. The second-order valence-corrected chi connectivity index (χ2v) is 4.35. The van der Waals surface area contributed by atoms with Gasteiger partial charge >= 0.3 is 5.97 Å². The van der Waals surface area contributed by atoms with E-state index in [1.807, 2.05) is 0 Å². The van der Waals surface area contributed by atoms with Gasteiger partial charge in [-0.3, -0.25) is 0 Å². The van der Waals surface area contributed by atoms with E-state index in [-0.39, 0.29) is 12.2 Å². The Kier molecular flexibility index (Phi) is 5.12. The Labute approximate surface area is 111 Å². The highest BCUT2D eigenvalue weighted by atomic mass is 79.9. The van der Waals surface area contributed by atoms with Gasteiger partial charge in [-0.15, -0.1) is 0 Å². The molecule has 3 nitrogen and oxygen atoms in total. The van der Waals surface area contributed by atoms with Crippen molar-refractivity contribution in [1.82, 2.24) is 0 Å². The molecule has 0 fully saturated rings. The van der Waals surface area contributed by atoms with Crippen LogP contribution >= 0.6 is 39.1 Å². The zero-order valence-corrected chi connectivity index (χ0v) is 11.0. The van der Waals surface area contributed by atoms with Crippen molar-refractivity contribution in [2.45, 2.75) is 0 Å². The number of carboxylic acids is 1. The van der Waals surface area contributed by atoms with E-state index in [0.717, 1.165) is 0 Å². The fraction of sp³-hybridized carbons (Fsp3) is 0.100. The minimum atomic E-state index is -1.02. The predicted octanol–water partition coefficient (Wildman–Crippen LogP) is 3.85. The van der Waals surface area contributed by atoms with Gasteiger partial charge in [0, 0.05) is 5.54 Å². The van der Waals surface area contributed by atoms with Crippen molar-refractivity contribution in [3.05, 3.63) is 38.8 Å². The number of ether oxygens (including phenoxy) is 1. The third-order valence-corrected chi connectivity index (χ3v) is 2.91. The normalized spacial score (nSPS) is 11.3. The maximum Gasteiger partial charge on any atom is 0.335 e. The molecule has 0 aliphatic heterocycles. The van der Waals surface area contributed by atoms with Crippen LogP contribution in [0, 0.1) is 0 Å². The fourth-order valence-corrected chi connectivity index (χ4v) is 1.40. The highest BCUT2D eigenvalue weighted by molar-refractivity contribution is 9.10. The van der Waals surface area contributed by atoms with Crippen molar-refractivity contribution >= 4 is 45.1 Å². The summed E-state index contributed by atoms with van der Waals surface area (Å²) in [5, 5.41) is 9.12. The molecule has 0 saturated carbocycles. The number of aromatic carboxylic acids is 1. The number of benzene rings is 1. The van der Waals surface area contributed by atoms with E-state index in [0.29, 0.717) is 15.3 Å². The van der Waals surface area contributed by atoms with Crippen molar-refractivity contribution in [1.29, 1.82) is 0 Å². The summed E-state index contributed by atoms with van der Waals surface area (Å²) < 4.78 is 5.93. The van der Waals surface area contributed by atoms with Crippen molar-refractivity contribution in [3.63, 3.8) is 0 Å². The standard InChI is InChI=1S/C10H7BrCl2O3/c11-8-2-1-6(10(14)15)3-9(8)16-5-7(13)4-12/h1-4H,5H2,(H,14,15)/b7-4-. The zero-order valence-electron chi connectivity index (χ0n) is 7.91. The van der Waals surface area contributed by atoms with Crippen LogP contribution in [0.1, 0.15) is 10.4 Å². The van der Waals surface area contributed by atoms with Crippen LogP contribution in [-0.4, -0.2) is 17.7 Å². The van der Waals surface area contributed by atoms with Crippen LogP contribution in [0.5, 0.6) is 5.75 Å². The lowest BCUT2D eigenvalue weighted by atomic mass is 10.2. The van der Waals surface area contributed by atoms with E-state index in [4.69, 9.17) is 33.0 Å². The number of carbonyl (C=O) groups is 1. The lowest BCUT2D eigenvalue weighted by Gasteiger charge is -2.07. The molecule has 0 amide bonds. The zero-order chi connectivity index (χ0) is 12.1. The summed E-state index contributed by atoms with van der Waals surface area (Å²) in [7, 11) is 0. The van der Waals surface area contributed by atoms with Gasteiger partial charge in [0.15, 0.2) is 0 Å². The first-order valence-electron chi connectivity index (χ1n) is 4.15. The van der Waals surface area contributed by atoms with Crippen LogP contribution in [0.15, 0.2) is 33.2 Å². The first-order valence-corrected chi connectivity index (χ1v) is 5.75. The summed E-state index contributed by atoms with van der Waals surface area (Å²) in [6, 6.07) is 4.47. The molecule has 0 aliphatic rings. The van der Waals surface area contributed by atoms with E-state index < -0.39 is 5.97 Å². The lowest BCUT2D eigenvalue weighted by Crippen LogP contribution is -2.01. The predicted molar refractivity (Wildman–Crippen MR) is 66.4 cm³/mol. The average Bonchev–Trinajstić information content (AvgIpc) is 2.27. The van der Waals surface area contributed by atoms with Crippen LogP contribution in [-0.2, 0) is 0 Å². The summed E-state index contributed by atoms with van der Waals surface area (Å²) in [6.45, 7) is 0.0900. The molecule has 0 heterocycles. The Morgan fingerprint density at radius 2 is 2.25 bits per heavy atom. The molecule has 0 spiro atoms. The van der Waals surface area contributed by atoms with Crippen LogP contribution in [0.3, 0.4) is 0 Å². The van der Waals surface area contributed by atoms with Crippen molar-refractivity contribution in [2.24, 2.45) is 0 Å². The number of carboxylic acid groups (broad SMARTS) is 1. The molecule has 1 N–H and O–H groups in total. The van der Waals surface area contributed by atoms with Gasteiger partial charge in [-0.05, 0) is 34.1 Å². The van der Waals surface area contributed by atoms with Gasteiger partial charge in [-0.2, -0.15) is 0 Å². The molecule has 1 aromatic carbocycles. The van der Waals surface area contributed by atoms with E-state index in [9.17, 15) is 4.79 Å². The van der Waals surface area contributed by atoms with E-state index in [2.05, 4.69) is 15.9 Å². The molecule has 0 aromatic heterocycles. The Balaban J connectivity index is 2.86. The second kappa shape index (κ2) is 6.13. The number of hydrogen-bond acceptors (Lipinski definition) is 2. The largest absolute Gasteiger partial charge is 0.487 e. The van der Waals surface area contributed by atoms with E-state index in [1.165, 1.54) is 17.7 Å². The summed E-state index contributed by atoms with van der Waals surface area (Å²) in [5.74, 6) is -0.618. The fourth-order valence-electron chi connectivity index (χ4n) is 0.925. The minimum absolute atomic E-state index is 0.0900. The van der Waals surface area contributed by atoms with Gasteiger partial charge in [0.2, 0.25) is 0 Å². The second-order valence-electron chi connectivity index (χ2n) is 2.80. The van der Waals surface area contributed by atoms with Gasteiger partial charge in [-0.25, -0.2) is 4.79 Å². The first-order chi connectivity index (χ1) is 7.54. The van der Waals surface area contributed by atoms with Gasteiger partial charge in [0.25, 0.3) is 0 Å². The number of halogens is 3. The lowest BCUT2D eigenvalue weighted by molar-refractivity contribution is 0.0696. The molecule has 0 unspecified atom stereocenters. The summed E-state index contributed by atoms with van der Waals surface area (Å²) in [4.78, 5) is 10.7. The van der Waals surface area contributed by atoms with Crippen LogP contribution in [0.25, 0.3) is 0 Å². The topological polar surface area (TPSA) is 46.5 Å². The Morgan fingerprint density at radius 3 is 2.81 bits per heavy atom. The third kappa shape index (κ3) is 3.70. The Bertz CT molecular complexity index is 432. The van der Waals surface area contributed by atoms with Gasteiger partial charge in [-0.1, -0.05) is 23.2 Å². The molecule has 0 bridgehead atoms. The van der Waals surface area contributed by atoms with Crippen molar-refractivity contribution in [3.8, 4) is 5.75 Å². The summed E-state index contributed by atoms with van der Waals surface area (Å²) in [5.41, 5.74) is 1.33. The smallest absolute Gasteiger partial charge is 0.335 e. The molecular weight excluding hydrogens is 319 g/mol. The molecule has 1 rings (SSSR count). The van der Waals surface area contributed by atoms with Gasteiger partial charge < -0.3 is 9.84 Å². The highest BCUT2D eigenvalue weighted by Crippen LogP contribution is 2.26. The van der Waals surface area contributed by atoms with Crippen LogP contribution in [0.4, 0.5) is 0 Å². The molecule has 86 valence electrons. The molecule has 0 aliphatic carbocycles. The SMILES string of the molecule is O=C(O)c1ccc(Br)c(OC/C(Cl)=C/Cl)c1. The van der Waals surface area contributed by atoms with Gasteiger partial charge in [0.1, 0.15) is 12.4 Å². The number of hydrogen-bond donors (Lipinski definition) is 1. The first kappa shape index (κ1) is 13.4. The summed E-state index contributed by atoms with van der Waals surface area (Å²) in [6.07, 6.45) is 0. The molecule has 0 atom stereocenters. The third-order valence-electron chi connectivity index (χ3n) is 1.66. The molecule has 0 saturated heterocycles. The quantitative estimate of drug-likeness (QED) is 0.914. The van der Waals surface area contributed by atoms with Crippen molar-refractivity contribution in [2.75, 3.05) is 6.61 Å². The molecule has 1 aromatic rings. The molecule has 16 heavy (non-hydrogen) atoms. The average molecular weight is 326 g/mol. The van der Waals surface area contributed by atoms with Crippen LogP contribution < -0.4 is 4.74 Å². The Morgan fingerprint density at radius 1 is 1.56 bits per heavy atom. The van der Waals surface area contributed by atoms with E-state index >= 15 is 0 Å². The number of rotatable bonds is 4. The van der Waals surface area contributed by atoms with E-state index in [1.54, 1.807) is 6.07 Å². The van der Waals surface area contributed by atoms with Gasteiger partial charge in [0.05, 0.1) is 15.1 Å². The highest BCUT2D eigenvalue weighted by Gasteiger charge is 2.08. The maximum absolute atomic E-state index is 10.7. The monoisotopic (exact) mass is 324 g/mol. The molecule has 0 radical (unpaired) electrons. The van der Waals surface area contributed by atoms with Crippen molar-refractivity contribution < 1.29 is 14.6 Å². The molecule has 6 heteroatoms. The minimum Gasteiger partial charge on any atom is -0.487 e. The van der Waals surface area contributed by atoms with Crippen LogP contribution in [0.2, 0.25) is 0 Å². The summed E-state index contributed by atoms with van der Waals surface area (Å²) >= 11 is 14.2. The molecular formula is C10H7BrCl2O3.